The minimum atomic E-state index is -3.86. The first-order chi connectivity index (χ1) is 15.9. The van der Waals surface area contributed by atoms with E-state index < -0.39 is 27.9 Å². The van der Waals surface area contributed by atoms with Gasteiger partial charge in [-0.25, -0.2) is 18.9 Å². The van der Waals surface area contributed by atoms with E-state index in [-0.39, 0.29) is 17.1 Å². The first kappa shape index (κ1) is 25.0. The second kappa shape index (κ2) is 12.0. The Morgan fingerprint density at radius 1 is 1.03 bits per heavy atom. The molecule has 0 aliphatic carbocycles. The highest BCUT2D eigenvalue weighted by molar-refractivity contribution is 7.91. The Hall–Kier alpha value is -2.64. The number of carbonyl (C=O) groups excluding carboxylic acids is 2. The number of amides is 2. The molecular formula is C21H24N4O5S3. The quantitative estimate of drug-likeness (QED) is 0.168. The molecular weight excluding hydrogens is 484 g/mol. The lowest BCUT2D eigenvalue weighted by atomic mass is 10.1. The fourth-order valence-corrected chi connectivity index (χ4v) is 6.00. The van der Waals surface area contributed by atoms with E-state index >= 15 is 0 Å². The number of hydrogen-bond acceptors (Lipinski definition) is 8. The maximum atomic E-state index is 13.0. The molecule has 3 aromatic rings. The SMILES string of the molecule is O=C(CCCCC[C@H](NS(=O)(=O)c1cccs1)C(=O)Nc1nc(-c2ccccc2)cs1)NO. The molecule has 2 heterocycles. The monoisotopic (exact) mass is 508 g/mol. The Labute approximate surface area is 199 Å². The summed E-state index contributed by atoms with van der Waals surface area (Å²) in [6.07, 6.45) is 2.00. The average molecular weight is 509 g/mol. The van der Waals surface area contributed by atoms with Gasteiger partial charge in [0.05, 0.1) is 5.69 Å². The van der Waals surface area contributed by atoms with Crippen LogP contribution in [-0.4, -0.2) is 36.5 Å². The van der Waals surface area contributed by atoms with Crippen LogP contribution in [0.25, 0.3) is 11.3 Å². The molecule has 0 radical (unpaired) electrons. The highest BCUT2D eigenvalue weighted by atomic mass is 32.2. The Morgan fingerprint density at radius 2 is 1.82 bits per heavy atom. The van der Waals surface area contributed by atoms with E-state index in [1.807, 2.05) is 35.7 Å². The minimum Gasteiger partial charge on any atom is -0.301 e. The van der Waals surface area contributed by atoms with E-state index in [0.717, 1.165) is 16.9 Å². The van der Waals surface area contributed by atoms with Gasteiger partial charge in [-0.15, -0.1) is 22.7 Å². The summed E-state index contributed by atoms with van der Waals surface area (Å²) >= 11 is 2.32. The van der Waals surface area contributed by atoms with Crippen molar-refractivity contribution in [1.82, 2.24) is 15.2 Å². The van der Waals surface area contributed by atoms with Crippen LogP contribution in [0.2, 0.25) is 0 Å². The maximum absolute atomic E-state index is 13.0. The Bertz CT molecular complexity index is 1150. The van der Waals surface area contributed by atoms with Crippen LogP contribution in [0.5, 0.6) is 0 Å². The van der Waals surface area contributed by atoms with Crippen molar-refractivity contribution in [3.05, 3.63) is 53.2 Å². The normalized spacial score (nSPS) is 12.3. The zero-order valence-corrected chi connectivity index (χ0v) is 20.0. The number of rotatable bonds is 12. The summed E-state index contributed by atoms with van der Waals surface area (Å²) < 4.78 is 28.0. The predicted molar refractivity (Wildman–Crippen MR) is 128 cm³/mol. The first-order valence-electron chi connectivity index (χ1n) is 10.2. The summed E-state index contributed by atoms with van der Waals surface area (Å²) in [4.78, 5) is 28.5. The largest absolute Gasteiger partial charge is 0.301 e. The highest BCUT2D eigenvalue weighted by Gasteiger charge is 2.26. The molecule has 2 amide bonds. The maximum Gasteiger partial charge on any atom is 0.250 e. The molecule has 0 aliphatic heterocycles. The van der Waals surface area contributed by atoms with Crippen LogP contribution in [0.1, 0.15) is 32.1 Å². The fourth-order valence-electron chi connectivity index (χ4n) is 3.04. The molecule has 3 rings (SSSR count). The van der Waals surface area contributed by atoms with Crippen LogP contribution in [0.15, 0.2) is 57.4 Å². The van der Waals surface area contributed by atoms with Gasteiger partial charge in [0.25, 0.3) is 10.0 Å². The number of benzene rings is 1. The van der Waals surface area contributed by atoms with Crippen molar-refractivity contribution in [2.24, 2.45) is 0 Å². The summed E-state index contributed by atoms with van der Waals surface area (Å²) in [7, 11) is -3.86. The van der Waals surface area contributed by atoms with Crippen molar-refractivity contribution in [3.8, 4) is 11.3 Å². The number of aromatic nitrogens is 1. The van der Waals surface area contributed by atoms with Crippen LogP contribution in [0.3, 0.4) is 0 Å². The van der Waals surface area contributed by atoms with Crippen molar-refractivity contribution in [2.75, 3.05) is 5.32 Å². The molecule has 0 saturated carbocycles. The van der Waals surface area contributed by atoms with E-state index in [1.165, 1.54) is 17.4 Å². The summed E-state index contributed by atoms with van der Waals surface area (Å²) in [5.41, 5.74) is 3.20. The van der Waals surface area contributed by atoms with Gasteiger partial charge in [-0.2, -0.15) is 4.72 Å². The Kier molecular flexibility index (Phi) is 9.09. The molecule has 33 heavy (non-hydrogen) atoms. The summed E-state index contributed by atoms with van der Waals surface area (Å²) in [6.45, 7) is 0. The van der Waals surface area contributed by atoms with E-state index in [1.54, 1.807) is 16.9 Å². The van der Waals surface area contributed by atoms with Gasteiger partial charge in [-0.3, -0.25) is 14.8 Å². The van der Waals surface area contributed by atoms with Crippen LogP contribution in [-0.2, 0) is 19.6 Å². The number of nitrogens with zero attached hydrogens (tertiary/aromatic N) is 1. The van der Waals surface area contributed by atoms with Crippen LogP contribution >= 0.6 is 22.7 Å². The van der Waals surface area contributed by atoms with Crippen LogP contribution in [0.4, 0.5) is 5.13 Å². The standard InChI is InChI=1S/C21H24N4O5S3/c26-18(24-28)11-6-2-5-10-16(25-33(29,30)19-12-7-13-31-19)20(27)23-21-22-17(14-32-21)15-8-3-1-4-9-15/h1,3-4,7-9,12-14,16,25,28H,2,5-6,10-11H2,(H,24,26)(H,22,23,27)/t16-/m0/s1. The fraction of sp³-hybridized carbons (Fsp3) is 0.286. The first-order valence-corrected chi connectivity index (χ1v) is 13.4. The number of thiazole rings is 1. The second-order valence-corrected chi connectivity index (χ2v) is 10.9. The topological polar surface area (TPSA) is 137 Å². The highest BCUT2D eigenvalue weighted by Crippen LogP contribution is 2.25. The van der Waals surface area contributed by atoms with E-state index in [4.69, 9.17) is 5.21 Å². The van der Waals surface area contributed by atoms with Crippen molar-refractivity contribution < 1.29 is 23.2 Å². The number of hydrogen-bond donors (Lipinski definition) is 4. The van der Waals surface area contributed by atoms with E-state index in [2.05, 4.69) is 15.0 Å². The Balaban J connectivity index is 1.66. The van der Waals surface area contributed by atoms with Crippen LogP contribution < -0.4 is 15.5 Å². The van der Waals surface area contributed by atoms with Gasteiger partial charge >= 0.3 is 0 Å². The van der Waals surface area contributed by atoms with Crippen molar-refractivity contribution in [2.45, 2.75) is 42.4 Å². The molecule has 2 aromatic heterocycles. The number of carbonyl (C=O) groups is 2. The number of thiophene rings is 1. The zero-order valence-electron chi connectivity index (χ0n) is 17.6. The molecule has 0 spiro atoms. The predicted octanol–water partition coefficient (Wildman–Crippen LogP) is 3.61. The van der Waals surface area contributed by atoms with Gasteiger partial charge in [-0.1, -0.05) is 49.2 Å². The van der Waals surface area contributed by atoms with Gasteiger partial charge in [0.1, 0.15) is 10.3 Å². The van der Waals surface area contributed by atoms with Crippen LogP contribution in [0, 0.1) is 0 Å². The minimum absolute atomic E-state index is 0.125. The molecule has 0 fully saturated rings. The van der Waals surface area contributed by atoms with Crippen molar-refractivity contribution in [1.29, 1.82) is 0 Å². The van der Waals surface area contributed by atoms with Gasteiger partial charge in [0.2, 0.25) is 11.8 Å². The summed E-state index contributed by atoms with van der Waals surface area (Å²) in [6, 6.07) is 11.6. The second-order valence-electron chi connectivity index (χ2n) is 7.13. The molecule has 4 N–H and O–H groups in total. The lowest BCUT2D eigenvalue weighted by Gasteiger charge is -2.17. The zero-order chi connectivity index (χ0) is 23.7. The van der Waals surface area contributed by atoms with Gasteiger partial charge in [0.15, 0.2) is 5.13 Å². The molecule has 1 atom stereocenters. The van der Waals surface area contributed by atoms with E-state index in [0.29, 0.717) is 30.1 Å². The number of unbranched alkanes of at least 4 members (excludes halogenated alkanes) is 2. The summed E-state index contributed by atoms with van der Waals surface area (Å²) in [5, 5.41) is 15.1. The number of hydroxylamine groups is 1. The van der Waals surface area contributed by atoms with E-state index in [9.17, 15) is 18.0 Å². The third-order valence-electron chi connectivity index (χ3n) is 4.70. The van der Waals surface area contributed by atoms with Gasteiger partial charge in [0, 0.05) is 17.4 Å². The molecule has 1 aromatic carbocycles. The third kappa shape index (κ3) is 7.44. The van der Waals surface area contributed by atoms with Gasteiger partial charge in [-0.05, 0) is 24.3 Å². The smallest absolute Gasteiger partial charge is 0.250 e. The number of anilines is 1. The Morgan fingerprint density at radius 3 is 2.52 bits per heavy atom. The molecule has 0 bridgehead atoms. The van der Waals surface area contributed by atoms with Crippen molar-refractivity contribution in [3.63, 3.8) is 0 Å². The van der Waals surface area contributed by atoms with Gasteiger partial charge < -0.3 is 5.32 Å². The molecule has 0 saturated heterocycles. The number of sulfonamides is 1. The summed E-state index contributed by atoms with van der Waals surface area (Å²) in [5.74, 6) is -0.988. The number of nitrogens with one attached hydrogen (secondary N) is 3. The molecule has 12 heteroatoms. The third-order valence-corrected chi connectivity index (χ3v) is 8.33. The molecule has 0 unspecified atom stereocenters. The molecule has 0 aliphatic rings. The van der Waals surface area contributed by atoms with Crippen molar-refractivity contribution >= 4 is 49.6 Å². The lowest BCUT2D eigenvalue weighted by molar-refractivity contribution is -0.129. The average Bonchev–Trinajstić information content (AvgIpc) is 3.51. The molecule has 176 valence electrons. The lowest BCUT2D eigenvalue weighted by Crippen LogP contribution is -2.43. The molecule has 9 nitrogen and oxygen atoms in total.